The normalized spacial score (nSPS) is 16.0. The van der Waals surface area contributed by atoms with Crippen LogP contribution in [0.3, 0.4) is 0 Å². The van der Waals surface area contributed by atoms with Gasteiger partial charge in [0.2, 0.25) is 11.9 Å². The quantitative estimate of drug-likeness (QED) is 0.474. The van der Waals surface area contributed by atoms with Crippen molar-refractivity contribution in [3.8, 4) is 0 Å². The molecule has 3 heterocycles. The molecule has 1 aliphatic rings. The van der Waals surface area contributed by atoms with E-state index in [2.05, 4.69) is 25.3 Å². The van der Waals surface area contributed by atoms with E-state index in [0.717, 1.165) is 11.4 Å². The summed E-state index contributed by atoms with van der Waals surface area (Å²) in [6, 6.07) is 11.0. The van der Waals surface area contributed by atoms with E-state index in [1.807, 2.05) is 17.5 Å². The van der Waals surface area contributed by atoms with E-state index < -0.39 is 10.0 Å². The van der Waals surface area contributed by atoms with Crippen molar-refractivity contribution in [1.82, 2.24) is 14.9 Å². The van der Waals surface area contributed by atoms with Crippen molar-refractivity contribution in [2.24, 2.45) is 5.92 Å². The molecule has 10 nitrogen and oxygen atoms in total. The number of hydrogen-bond acceptors (Lipinski definition) is 7. The fraction of sp³-hybridized carbons (Fsp3) is 0.273. The first-order chi connectivity index (χ1) is 16.3. The molecule has 3 amide bonds. The summed E-state index contributed by atoms with van der Waals surface area (Å²) in [6.07, 6.45) is 2.86. The van der Waals surface area contributed by atoms with Gasteiger partial charge in [-0.05, 0) is 67.6 Å². The number of benzene rings is 1. The highest BCUT2D eigenvalue weighted by Gasteiger charge is 2.28. The minimum absolute atomic E-state index is 0.0117. The minimum atomic E-state index is -3.87. The van der Waals surface area contributed by atoms with Crippen molar-refractivity contribution in [3.63, 3.8) is 0 Å². The third kappa shape index (κ3) is 5.88. The van der Waals surface area contributed by atoms with E-state index in [-0.39, 0.29) is 28.7 Å². The van der Waals surface area contributed by atoms with Gasteiger partial charge in [0.1, 0.15) is 0 Å². The number of urea groups is 1. The summed E-state index contributed by atoms with van der Waals surface area (Å²) in [5.41, 5.74) is 1.10. The number of piperidine rings is 1. The third-order valence-electron chi connectivity index (χ3n) is 5.28. The summed E-state index contributed by atoms with van der Waals surface area (Å²) in [4.78, 5) is 34.9. The Balaban J connectivity index is 1.35. The summed E-state index contributed by atoms with van der Waals surface area (Å²) < 4.78 is 27.5. The monoisotopic (exact) mass is 500 g/mol. The fourth-order valence-corrected chi connectivity index (χ4v) is 5.11. The zero-order chi connectivity index (χ0) is 24.1. The molecule has 1 aliphatic heterocycles. The van der Waals surface area contributed by atoms with Crippen LogP contribution in [-0.4, -0.2) is 48.3 Å². The maximum Gasteiger partial charge on any atom is 0.322 e. The van der Waals surface area contributed by atoms with Gasteiger partial charge in [-0.25, -0.2) is 27.9 Å². The lowest BCUT2D eigenvalue weighted by Gasteiger charge is -2.31. The summed E-state index contributed by atoms with van der Waals surface area (Å²) in [7, 11) is -3.87. The number of amides is 3. The number of nitrogens with one attached hydrogen (secondary N) is 3. The van der Waals surface area contributed by atoms with Crippen LogP contribution in [0.25, 0.3) is 0 Å². The van der Waals surface area contributed by atoms with Crippen LogP contribution in [-0.2, 0) is 14.8 Å². The topological polar surface area (TPSA) is 133 Å². The predicted octanol–water partition coefficient (Wildman–Crippen LogP) is 3.53. The predicted molar refractivity (Wildman–Crippen MR) is 130 cm³/mol. The second-order valence-electron chi connectivity index (χ2n) is 7.83. The van der Waals surface area contributed by atoms with Crippen molar-refractivity contribution in [1.29, 1.82) is 0 Å². The highest BCUT2D eigenvalue weighted by Crippen LogP contribution is 2.22. The van der Waals surface area contributed by atoms with E-state index in [1.54, 1.807) is 17.9 Å². The van der Waals surface area contributed by atoms with Crippen LogP contribution in [0.15, 0.2) is 58.9 Å². The number of carbonyl (C=O) groups is 2. The smallest absolute Gasteiger partial charge is 0.322 e. The maximum atomic E-state index is 12.8. The summed E-state index contributed by atoms with van der Waals surface area (Å²) in [6.45, 7) is 2.64. The molecule has 0 bridgehead atoms. The molecule has 4 rings (SSSR count). The van der Waals surface area contributed by atoms with Crippen LogP contribution in [0.1, 0.15) is 18.5 Å². The Kier molecular flexibility index (Phi) is 7.08. The molecule has 1 aromatic carbocycles. The van der Waals surface area contributed by atoms with Gasteiger partial charge in [0.05, 0.1) is 15.8 Å². The number of rotatable bonds is 6. The van der Waals surface area contributed by atoms with Gasteiger partial charge >= 0.3 is 6.03 Å². The van der Waals surface area contributed by atoms with Crippen LogP contribution in [0.2, 0.25) is 0 Å². The first kappa shape index (κ1) is 23.6. The van der Waals surface area contributed by atoms with Crippen LogP contribution in [0.5, 0.6) is 0 Å². The molecule has 1 atom stereocenters. The van der Waals surface area contributed by atoms with Crippen molar-refractivity contribution in [2.45, 2.75) is 24.7 Å². The molecule has 34 heavy (non-hydrogen) atoms. The lowest BCUT2D eigenvalue weighted by molar-refractivity contribution is -0.121. The Morgan fingerprint density at radius 1 is 1.12 bits per heavy atom. The number of thiophene rings is 1. The lowest BCUT2D eigenvalue weighted by atomic mass is 9.97. The van der Waals surface area contributed by atoms with Crippen LogP contribution in [0.4, 0.5) is 21.4 Å². The standard InChI is InChI=1S/C22H24N6O4S2/c1-15-10-11-23-21(24-15)27-34(31,32)18-8-6-17(7-9-18)25-20(29)16-4-2-12-28(14-16)22(30)26-19-5-3-13-33-19/h3,5-11,13,16H,2,4,12,14H2,1H3,(H,25,29)(H,26,30)(H,23,24,27). The molecule has 1 unspecified atom stereocenters. The van der Waals surface area contributed by atoms with Gasteiger partial charge in [-0.3, -0.25) is 10.1 Å². The lowest BCUT2D eigenvalue weighted by Crippen LogP contribution is -2.45. The Morgan fingerprint density at radius 2 is 1.91 bits per heavy atom. The first-order valence-electron chi connectivity index (χ1n) is 10.6. The molecule has 2 aromatic heterocycles. The summed E-state index contributed by atoms with van der Waals surface area (Å²) >= 11 is 1.44. The highest BCUT2D eigenvalue weighted by molar-refractivity contribution is 7.92. The molecule has 0 saturated carbocycles. The number of aryl methyl sites for hydroxylation is 1. The largest absolute Gasteiger partial charge is 0.326 e. The molecule has 12 heteroatoms. The van der Waals surface area contributed by atoms with Gasteiger partial charge < -0.3 is 10.2 Å². The number of hydrogen-bond donors (Lipinski definition) is 3. The van der Waals surface area contributed by atoms with Crippen molar-refractivity contribution < 1.29 is 18.0 Å². The molecule has 3 N–H and O–H groups in total. The van der Waals surface area contributed by atoms with Crippen LogP contribution < -0.4 is 15.4 Å². The Labute approximate surface area is 201 Å². The zero-order valence-corrected chi connectivity index (χ0v) is 20.0. The number of sulfonamides is 1. The van der Waals surface area contributed by atoms with E-state index in [4.69, 9.17) is 0 Å². The molecular weight excluding hydrogens is 476 g/mol. The molecular formula is C22H24N6O4S2. The Morgan fingerprint density at radius 3 is 2.62 bits per heavy atom. The Hall–Kier alpha value is -3.51. The SMILES string of the molecule is Cc1ccnc(NS(=O)(=O)c2ccc(NC(=O)C3CCCN(C(=O)Nc4cccs4)C3)cc2)n1. The number of aromatic nitrogens is 2. The Bertz CT molecular complexity index is 1260. The van der Waals surface area contributed by atoms with Crippen molar-refractivity contribution in [2.75, 3.05) is 28.4 Å². The van der Waals surface area contributed by atoms with E-state index >= 15 is 0 Å². The average molecular weight is 501 g/mol. The molecule has 0 radical (unpaired) electrons. The van der Waals surface area contributed by atoms with Crippen molar-refractivity contribution >= 4 is 49.9 Å². The van der Waals surface area contributed by atoms with Gasteiger partial charge in [0.15, 0.2) is 0 Å². The van der Waals surface area contributed by atoms with Crippen molar-refractivity contribution in [3.05, 3.63) is 59.7 Å². The minimum Gasteiger partial charge on any atom is -0.326 e. The number of likely N-dealkylation sites (tertiary alicyclic amines) is 1. The van der Waals surface area contributed by atoms with E-state index in [9.17, 15) is 18.0 Å². The summed E-state index contributed by atoms with van der Waals surface area (Å²) in [5, 5.41) is 8.30. The molecule has 0 aliphatic carbocycles. The van der Waals surface area contributed by atoms with Gasteiger partial charge in [0, 0.05) is 30.7 Å². The molecule has 0 spiro atoms. The average Bonchev–Trinajstić information content (AvgIpc) is 3.32. The number of carbonyl (C=O) groups excluding carboxylic acids is 2. The third-order valence-corrected chi connectivity index (χ3v) is 7.41. The second kappa shape index (κ2) is 10.2. The van der Waals surface area contributed by atoms with E-state index in [0.29, 0.717) is 30.9 Å². The second-order valence-corrected chi connectivity index (χ2v) is 10.5. The van der Waals surface area contributed by atoms with E-state index in [1.165, 1.54) is 41.8 Å². The van der Waals surface area contributed by atoms with Gasteiger partial charge in [-0.1, -0.05) is 0 Å². The fourth-order valence-electron chi connectivity index (χ4n) is 3.55. The van der Waals surface area contributed by atoms with Crippen LogP contribution >= 0.6 is 11.3 Å². The number of anilines is 3. The van der Waals surface area contributed by atoms with Gasteiger partial charge in [-0.2, -0.15) is 0 Å². The molecule has 3 aromatic rings. The van der Waals surface area contributed by atoms with Crippen LogP contribution in [0, 0.1) is 12.8 Å². The molecule has 178 valence electrons. The molecule has 1 fully saturated rings. The summed E-state index contributed by atoms with van der Waals surface area (Å²) in [5.74, 6) is -0.579. The molecule has 1 saturated heterocycles. The van der Waals surface area contributed by atoms with Gasteiger partial charge in [0.25, 0.3) is 10.0 Å². The number of nitrogens with zero attached hydrogens (tertiary/aromatic N) is 3. The van der Waals surface area contributed by atoms with Gasteiger partial charge in [-0.15, -0.1) is 11.3 Å². The highest BCUT2D eigenvalue weighted by atomic mass is 32.2. The first-order valence-corrected chi connectivity index (χ1v) is 13.0. The zero-order valence-electron chi connectivity index (χ0n) is 18.4. The maximum absolute atomic E-state index is 12.8.